The predicted octanol–water partition coefficient (Wildman–Crippen LogP) is 3.75. The number of hydrogen-bond donors (Lipinski definition) is 0. The molecule has 0 unspecified atom stereocenters. The van der Waals surface area contributed by atoms with Crippen LogP contribution in [-0.2, 0) is 0 Å². The second kappa shape index (κ2) is 5.65. The van der Waals surface area contributed by atoms with Gasteiger partial charge in [0.2, 0.25) is 18.0 Å². The molecule has 0 fully saturated rings. The topological polar surface area (TPSA) is 91.3 Å². The van der Waals surface area contributed by atoms with Gasteiger partial charge in [-0.25, -0.2) is 0 Å². The number of aromatic nitrogens is 2. The summed E-state index contributed by atoms with van der Waals surface area (Å²) in [5.74, 6) is 0.987. The van der Waals surface area contributed by atoms with Crippen molar-refractivity contribution in [3.8, 4) is 23.0 Å². The third-order valence-corrected chi connectivity index (χ3v) is 2.98. The van der Waals surface area contributed by atoms with Crippen LogP contribution in [0, 0.1) is 17.0 Å². The summed E-state index contributed by atoms with van der Waals surface area (Å²) in [6, 6.07) is 11.6. The lowest BCUT2D eigenvalue weighted by Crippen LogP contribution is -1.94. The van der Waals surface area contributed by atoms with Gasteiger partial charge in [-0.3, -0.25) is 10.1 Å². The van der Waals surface area contributed by atoms with E-state index in [1.807, 2.05) is 6.92 Å². The van der Waals surface area contributed by atoms with E-state index in [-0.39, 0.29) is 11.4 Å². The molecule has 3 rings (SSSR count). The Bertz CT molecular complexity index is 815. The molecular formula is C15H11N3O4. The third-order valence-electron chi connectivity index (χ3n) is 2.98. The van der Waals surface area contributed by atoms with Crippen LogP contribution in [-0.4, -0.2) is 15.1 Å². The van der Waals surface area contributed by atoms with Gasteiger partial charge in [-0.1, -0.05) is 12.1 Å². The molecule has 7 heteroatoms. The molecule has 0 radical (unpaired) electrons. The molecule has 0 N–H and O–H groups in total. The maximum atomic E-state index is 11.1. The highest BCUT2D eigenvalue weighted by molar-refractivity contribution is 5.57. The van der Waals surface area contributed by atoms with Gasteiger partial charge in [-0.2, -0.15) is 0 Å². The van der Waals surface area contributed by atoms with Crippen molar-refractivity contribution in [2.24, 2.45) is 0 Å². The van der Waals surface area contributed by atoms with Crippen molar-refractivity contribution in [2.75, 3.05) is 0 Å². The number of rotatable bonds is 4. The van der Waals surface area contributed by atoms with Crippen molar-refractivity contribution in [3.05, 3.63) is 64.5 Å². The normalized spacial score (nSPS) is 10.4. The average molecular weight is 297 g/mol. The lowest BCUT2D eigenvalue weighted by Gasteiger charge is -2.07. The van der Waals surface area contributed by atoms with Gasteiger partial charge >= 0.3 is 5.69 Å². The van der Waals surface area contributed by atoms with Crippen LogP contribution in [0.2, 0.25) is 0 Å². The van der Waals surface area contributed by atoms with E-state index in [0.29, 0.717) is 17.2 Å². The summed E-state index contributed by atoms with van der Waals surface area (Å²) < 4.78 is 10.8. The first-order valence-corrected chi connectivity index (χ1v) is 6.43. The molecule has 0 aliphatic heterocycles. The van der Waals surface area contributed by atoms with Gasteiger partial charge in [0.1, 0.15) is 5.75 Å². The van der Waals surface area contributed by atoms with E-state index in [4.69, 9.17) is 9.15 Å². The van der Waals surface area contributed by atoms with E-state index in [9.17, 15) is 10.1 Å². The van der Waals surface area contributed by atoms with Gasteiger partial charge in [-0.05, 0) is 36.8 Å². The van der Waals surface area contributed by atoms with Gasteiger partial charge in [0.05, 0.1) is 4.92 Å². The maximum absolute atomic E-state index is 11.1. The van der Waals surface area contributed by atoms with Crippen LogP contribution >= 0.6 is 0 Å². The van der Waals surface area contributed by atoms with E-state index in [1.54, 1.807) is 36.4 Å². The molecule has 1 heterocycles. The van der Waals surface area contributed by atoms with E-state index >= 15 is 0 Å². The lowest BCUT2D eigenvalue weighted by atomic mass is 10.2. The quantitative estimate of drug-likeness (QED) is 0.538. The van der Waals surface area contributed by atoms with Crippen LogP contribution in [0.25, 0.3) is 11.5 Å². The predicted molar refractivity (Wildman–Crippen MR) is 77.6 cm³/mol. The van der Waals surface area contributed by atoms with Crippen LogP contribution in [0.3, 0.4) is 0 Å². The van der Waals surface area contributed by atoms with Crippen LogP contribution in [0.5, 0.6) is 11.5 Å². The second-order valence-electron chi connectivity index (χ2n) is 4.60. The highest BCUT2D eigenvalue weighted by Gasteiger charge is 2.16. The Kier molecular flexibility index (Phi) is 3.53. The maximum Gasteiger partial charge on any atom is 0.311 e. The van der Waals surface area contributed by atoms with E-state index in [0.717, 1.165) is 5.56 Å². The van der Waals surface area contributed by atoms with E-state index in [2.05, 4.69) is 10.2 Å². The average Bonchev–Trinajstić information content (AvgIpc) is 3.01. The van der Waals surface area contributed by atoms with Crippen LogP contribution in [0.4, 0.5) is 5.69 Å². The van der Waals surface area contributed by atoms with Crippen LogP contribution in [0.15, 0.2) is 53.3 Å². The monoisotopic (exact) mass is 297 g/mol. The molecule has 0 aliphatic carbocycles. The van der Waals surface area contributed by atoms with E-state index < -0.39 is 4.92 Å². The van der Waals surface area contributed by atoms with Gasteiger partial charge in [0, 0.05) is 11.6 Å². The minimum absolute atomic E-state index is 0.0891. The molecule has 22 heavy (non-hydrogen) atoms. The standard InChI is InChI=1S/C15H11N3O4/c1-10-5-6-13(18(19)20)14(7-10)22-12-4-2-3-11(8-12)15-17-16-9-21-15/h2-9H,1H3. The molecule has 0 atom stereocenters. The number of ether oxygens (including phenoxy) is 1. The fourth-order valence-electron chi connectivity index (χ4n) is 1.97. The smallest absolute Gasteiger partial charge is 0.311 e. The fourth-order valence-corrected chi connectivity index (χ4v) is 1.97. The summed E-state index contributed by atoms with van der Waals surface area (Å²) in [6.07, 6.45) is 1.23. The number of nitro benzene ring substituents is 1. The molecule has 3 aromatic rings. The number of nitrogens with zero attached hydrogens (tertiary/aromatic N) is 3. The van der Waals surface area contributed by atoms with Crippen molar-refractivity contribution in [1.29, 1.82) is 0 Å². The number of hydrogen-bond acceptors (Lipinski definition) is 6. The summed E-state index contributed by atoms with van der Waals surface area (Å²) in [5, 5.41) is 18.5. The zero-order chi connectivity index (χ0) is 15.5. The molecule has 110 valence electrons. The van der Waals surface area contributed by atoms with Crippen molar-refractivity contribution in [1.82, 2.24) is 10.2 Å². The second-order valence-corrected chi connectivity index (χ2v) is 4.60. The van der Waals surface area contributed by atoms with E-state index in [1.165, 1.54) is 12.5 Å². The first-order valence-electron chi connectivity index (χ1n) is 6.43. The number of aryl methyl sites for hydroxylation is 1. The van der Waals surface area contributed by atoms with Crippen molar-refractivity contribution < 1.29 is 14.1 Å². The Morgan fingerprint density at radius 1 is 1.23 bits per heavy atom. The largest absolute Gasteiger partial charge is 0.450 e. The van der Waals surface area contributed by atoms with Crippen molar-refractivity contribution in [2.45, 2.75) is 6.92 Å². The van der Waals surface area contributed by atoms with Gasteiger partial charge < -0.3 is 9.15 Å². The molecule has 0 spiro atoms. The zero-order valence-corrected chi connectivity index (χ0v) is 11.6. The van der Waals surface area contributed by atoms with Gasteiger partial charge in [0.15, 0.2) is 0 Å². The highest BCUT2D eigenvalue weighted by Crippen LogP contribution is 2.33. The summed E-state index contributed by atoms with van der Waals surface area (Å²) >= 11 is 0. The Labute approximate surface area is 125 Å². The molecule has 0 saturated carbocycles. The Morgan fingerprint density at radius 3 is 2.82 bits per heavy atom. The molecule has 1 aromatic heterocycles. The van der Waals surface area contributed by atoms with Crippen molar-refractivity contribution in [3.63, 3.8) is 0 Å². The molecule has 0 amide bonds. The number of benzene rings is 2. The summed E-state index contributed by atoms with van der Waals surface area (Å²) in [7, 11) is 0. The first-order chi connectivity index (χ1) is 10.6. The Morgan fingerprint density at radius 2 is 2.09 bits per heavy atom. The highest BCUT2D eigenvalue weighted by atomic mass is 16.6. The van der Waals surface area contributed by atoms with Crippen LogP contribution in [0.1, 0.15) is 5.56 Å². The Balaban J connectivity index is 1.95. The minimum atomic E-state index is -0.476. The molecule has 0 aliphatic rings. The molecule has 0 saturated heterocycles. The molecule has 0 bridgehead atoms. The summed E-state index contributed by atoms with van der Waals surface area (Å²) in [4.78, 5) is 10.6. The zero-order valence-electron chi connectivity index (χ0n) is 11.6. The number of nitro groups is 1. The van der Waals surface area contributed by atoms with Gasteiger partial charge in [-0.15, -0.1) is 10.2 Å². The fraction of sp³-hybridized carbons (Fsp3) is 0.0667. The third kappa shape index (κ3) is 2.78. The molecular weight excluding hydrogens is 286 g/mol. The lowest BCUT2D eigenvalue weighted by molar-refractivity contribution is -0.385. The molecule has 7 nitrogen and oxygen atoms in total. The van der Waals surface area contributed by atoms with Gasteiger partial charge in [0.25, 0.3) is 0 Å². The summed E-state index contributed by atoms with van der Waals surface area (Å²) in [6.45, 7) is 1.84. The molecule has 2 aromatic carbocycles. The van der Waals surface area contributed by atoms with Crippen molar-refractivity contribution >= 4 is 5.69 Å². The SMILES string of the molecule is Cc1ccc([N+](=O)[O-])c(Oc2cccc(-c3nnco3)c2)c1. The minimum Gasteiger partial charge on any atom is -0.450 e. The first kappa shape index (κ1) is 13.7. The van der Waals surface area contributed by atoms with Crippen LogP contribution < -0.4 is 4.74 Å². The summed E-state index contributed by atoms with van der Waals surface area (Å²) in [5.41, 5.74) is 1.45. The Hall–Kier alpha value is -3.22.